The molecule has 1 aromatic rings. The average Bonchev–Trinajstić information content (AvgIpc) is 2.54. The number of benzene rings is 1. The summed E-state index contributed by atoms with van der Waals surface area (Å²) in [4.78, 5) is 17.2. The summed E-state index contributed by atoms with van der Waals surface area (Å²) in [5, 5.41) is 3.41. The minimum absolute atomic E-state index is 0.0841. The number of nitrogens with zero attached hydrogens (tertiary/aromatic N) is 2. The lowest BCUT2D eigenvalue weighted by Crippen LogP contribution is -2.55. The quantitative estimate of drug-likeness (QED) is 0.901. The second-order valence-electron chi connectivity index (χ2n) is 6.27. The molecular formula is C17H25N3O. The number of carbonyl (C=O) groups excluding carboxylic acids is 1. The van der Waals surface area contributed by atoms with E-state index in [0.29, 0.717) is 11.9 Å². The molecule has 2 unspecified atom stereocenters. The number of rotatable bonds is 2. The molecule has 1 fully saturated rings. The van der Waals surface area contributed by atoms with Gasteiger partial charge < -0.3 is 10.2 Å². The molecule has 21 heavy (non-hydrogen) atoms. The van der Waals surface area contributed by atoms with Crippen molar-refractivity contribution in [2.75, 3.05) is 38.5 Å². The second-order valence-corrected chi connectivity index (χ2v) is 6.27. The number of carbonyl (C=O) groups is 1. The summed E-state index contributed by atoms with van der Waals surface area (Å²) < 4.78 is 0. The first-order valence-electron chi connectivity index (χ1n) is 8.00. The predicted octanol–water partition coefficient (Wildman–Crippen LogP) is 1.82. The molecule has 2 heterocycles. The highest BCUT2D eigenvalue weighted by molar-refractivity contribution is 5.81. The molecule has 1 saturated heterocycles. The van der Waals surface area contributed by atoms with E-state index < -0.39 is 0 Å². The summed E-state index contributed by atoms with van der Waals surface area (Å²) in [6.45, 7) is 5.70. The molecule has 4 nitrogen and oxygen atoms in total. The Kier molecular flexibility index (Phi) is 4.15. The van der Waals surface area contributed by atoms with Gasteiger partial charge in [-0.1, -0.05) is 25.1 Å². The van der Waals surface area contributed by atoms with Crippen LogP contribution in [-0.4, -0.2) is 55.0 Å². The largest absolute Gasteiger partial charge is 0.384 e. The monoisotopic (exact) mass is 287 g/mol. The normalized spacial score (nSPS) is 26.1. The van der Waals surface area contributed by atoms with Crippen molar-refractivity contribution in [1.82, 2.24) is 9.80 Å². The van der Waals surface area contributed by atoms with Gasteiger partial charge in [-0.15, -0.1) is 0 Å². The van der Waals surface area contributed by atoms with Crippen LogP contribution in [0, 0.1) is 5.92 Å². The Morgan fingerprint density at radius 2 is 2.14 bits per heavy atom. The summed E-state index contributed by atoms with van der Waals surface area (Å²) in [6, 6.07) is 8.82. The molecule has 0 bridgehead atoms. The number of hydrogen-bond acceptors (Lipinski definition) is 3. The number of anilines is 1. The zero-order valence-electron chi connectivity index (χ0n) is 13.0. The molecule has 0 aromatic heterocycles. The van der Waals surface area contributed by atoms with Crippen molar-refractivity contribution in [2.24, 2.45) is 5.92 Å². The molecule has 1 aromatic carbocycles. The number of para-hydroxylation sites is 1. The van der Waals surface area contributed by atoms with Gasteiger partial charge >= 0.3 is 0 Å². The van der Waals surface area contributed by atoms with E-state index in [1.807, 2.05) is 6.07 Å². The van der Waals surface area contributed by atoms with Crippen LogP contribution in [0.5, 0.6) is 0 Å². The van der Waals surface area contributed by atoms with Crippen molar-refractivity contribution in [2.45, 2.75) is 25.8 Å². The van der Waals surface area contributed by atoms with Crippen LogP contribution in [-0.2, 0) is 11.2 Å². The molecule has 4 heteroatoms. The van der Waals surface area contributed by atoms with Gasteiger partial charge in [0, 0.05) is 37.9 Å². The van der Waals surface area contributed by atoms with Crippen molar-refractivity contribution in [3.05, 3.63) is 29.8 Å². The van der Waals surface area contributed by atoms with Gasteiger partial charge in [0.2, 0.25) is 5.91 Å². The molecule has 3 rings (SSSR count). The van der Waals surface area contributed by atoms with Crippen LogP contribution in [0.15, 0.2) is 24.3 Å². The van der Waals surface area contributed by atoms with Crippen LogP contribution in [0.1, 0.15) is 18.9 Å². The summed E-state index contributed by atoms with van der Waals surface area (Å²) in [7, 11) is 2.16. The Bertz CT molecular complexity index is 517. The van der Waals surface area contributed by atoms with E-state index in [-0.39, 0.29) is 5.92 Å². The van der Waals surface area contributed by atoms with Gasteiger partial charge in [0.1, 0.15) is 0 Å². The summed E-state index contributed by atoms with van der Waals surface area (Å²) in [6.07, 6.45) is 1.97. The Balaban J connectivity index is 1.67. The Labute approximate surface area is 127 Å². The number of amides is 1. The average molecular weight is 287 g/mol. The van der Waals surface area contributed by atoms with Gasteiger partial charge in [-0.25, -0.2) is 0 Å². The van der Waals surface area contributed by atoms with Crippen molar-refractivity contribution in [3.8, 4) is 0 Å². The van der Waals surface area contributed by atoms with Gasteiger partial charge in [0.05, 0.1) is 5.92 Å². The highest BCUT2D eigenvalue weighted by Crippen LogP contribution is 2.26. The molecule has 1 amide bonds. The SMILES string of the molecule is CCC1CN(C(=O)C2CNc3ccccc3C2)CCN1C. The van der Waals surface area contributed by atoms with E-state index in [2.05, 4.69) is 47.3 Å². The molecule has 0 radical (unpaired) electrons. The fourth-order valence-corrected chi connectivity index (χ4v) is 3.46. The topological polar surface area (TPSA) is 35.6 Å². The minimum Gasteiger partial charge on any atom is -0.384 e. The molecule has 2 atom stereocenters. The van der Waals surface area contributed by atoms with E-state index in [4.69, 9.17) is 0 Å². The van der Waals surface area contributed by atoms with Crippen LogP contribution in [0.25, 0.3) is 0 Å². The Morgan fingerprint density at radius 1 is 1.33 bits per heavy atom. The first kappa shape index (κ1) is 14.4. The van der Waals surface area contributed by atoms with Crippen molar-refractivity contribution >= 4 is 11.6 Å². The van der Waals surface area contributed by atoms with Crippen LogP contribution >= 0.6 is 0 Å². The zero-order valence-corrected chi connectivity index (χ0v) is 13.0. The fourth-order valence-electron chi connectivity index (χ4n) is 3.46. The Hall–Kier alpha value is -1.55. The number of likely N-dealkylation sites (N-methyl/N-ethyl adjacent to an activating group) is 1. The zero-order chi connectivity index (χ0) is 14.8. The first-order valence-corrected chi connectivity index (χ1v) is 8.00. The molecule has 1 N–H and O–H groups in total. The van der Waals surface area contributed by atoms with E-state index in [0.717, 1.165) is 39.0 Å². The molecule has 0 saturated carbocycles. The molecule has 114 valence electrons. The summed E-state index contributed by atoms with van der Waals surface area (Å²) >= 11 is 0. The van der Waals surface area contributed by atoms with Crippen LogP contribution in [0.2, 0.25) is 0 Å². The maximum Gasteiger partial charge on any atom is 0.227 e. The first-order chi connectivity index (χ1) is 10.2. The predicted molar refractivity (Wildman–Crippen MR) is 85.4 cm³/mol. The summed E-state index contributed by atoms with van der Waals surface area (Å²) in [5.74, 6) is 0.407. The lowest BCUT2D eigenvalue weighted by Gasteiger charge is -2.41. The lowest BCUT2D eigenvalue weighted by molar-refractivity contribution is -0.138. The molecule has 0 spiro atoms. The third kappa shape index (κ3) is 2.91. The highest BCUT2D eigenvalue weighted by atomic mass is 16.2. The van der Waals surface area contributed by atoms with Gasteiger partial charge in [-0.2, -0.15) is 0 Å². The van der Waals surface area contributed by atoms with E-state index in [1.54, 1.807) is 0 Å². The molecule has 2 aliphatic rings. The lowest BCUT2D eigenvalue weighted by atomic mass is 9.92. The standard InChI is InChI=1S/C17H25N3O/c1-3-15-12-20(9-8-19(15)2)17(21)14-10-13-6-4-5-7-16(13)18-11-14/h4-7,14-15,18H,3,8-12H2,1-2H3. The van der Waals surface area contributed by atoms with Gasteiger partial charge in [0.25, 0.3) is 0 Å². The highest BCUT2D eigenvalue weighted by Gasteiger charge is 2.32. The smallest absolute Gasteiger partial charge is 0.227 e. The van der Waals surface area contributed by atoms with Gasteiger partial charge in [-0.05, 0) is 31.5 Å². The molecular weight excluding hydrogens is 262 g/mol. The number of fused-ring (bicyclic) bond motifs is 1. The van der Waals surface area contributed by atoms with Crippen molar-refractivity contribution in [3.63, 3.8) is 0 Å². The van der Waals surface area contributed by atoms with Crippen molar-refractivity contribution in [1.29, 1.82) is 0 Å². The molecule has 2 aliphatic heterocycles. The number of hydrogen-bond donors (Lipinski definition) is 1. The maximum absolute atomic E-state index is 12.8. The number of piperazine rings is 1. The fraction of sp³-hybridized carbons (Fsp3) is 0.588. The molecule has 0 aliphatic carbocycles. The van der Waals surface area contributed by atoms with Crippen LogP contribution in [0.3, 0.4) is 0 Å². The summed E-state index contributed by atoms with van der Waals surface area (Å²) in [5.41, 5.74) is 2.45. The van der Waals surface area contributed by atoms with Gasteiger partial charge in [0.15, 0.2) is 0 Å². The van der Waals surface area contributed by atoms with E-state index in [9.17, 15) is 4.79 Å². The number of nitrogens with one attached hydrogen (secondary N) is 1. The van der Waals surface area contributed by atoms with E-state index in [1.165, 1.54) is 11.3 Å². The van der Waals surface area contributed by atoms with Crippen LogP contribution < -0.4 is 5.32 Å². The minimum atomic E-state index is 0.0841. The second kappa shape index (κ2) is 6.06. The third-order valence-corrected chi connectivity index (χ3v) is 4.93. The third-order valence-electron chi connectivity index (χ3n) is 4.93. The van der Waals surface area contributed by atoms with Gasteiger partial charge in [-0.3, -0.25) is 9.69 Å². The van der Waals surface area contributed by atoms with E-state index >= 15 is 0 Å². The van der Waals surface area contributed by atoms with Crippen molar-refractivity contribution < 1.29 is 4.79 Å². The van der Waals surface area contributed by atoms with Crippen LogP contribution in [0.4, 0.5) is 5.69 Å². The maximum atomic E-state index is 12.8. The Morgan fingerprint density at radius 3 is 2.95 bits per heavy atom.